The smallest absolute Gasteiger partial charge is 0.270 e. The zero-order valence-corrected chi connectivity index (χ0v) is 14.6. The molecule has 5 nitrogen and oxygen atoms in total. The first kappa shape index (κ1) is 17.7. The Labute approximate surface area is 149 Å². The zero-order valence-electron chi connectivity index (χ0n) is 13.0. The monoisotopic (exact) mass is 386 g/mol. The number of ketones is 1. The SMILES string of the molecule is Cc1ccc2c(ccc[n+]2CC(=O)c2cccc([N+](=O)[O-])c2)c1.[Br-]. The summed E-state index contributed by atoms with van der Waals surface area (Å²) >= 11 is 0. The van der Waals surface area contributed by atoms with Crippen LogP contribution in [-0.2, 0) is 6.54 Å². The van der Waals surface area contributed by atoms with E-state index in [1.807, 2.05) is 42.0 Å². The second-order valence-electron chi connectivity index (χ2n) is 5.43. The highest BCUT2D eigenvalue weighted by molar-refractivity contribution is 5.95. The van der Waals surface area contributed by atoms with Gasteiger partial charge in [0.05, 0.1) is 4.92 Å². The number of hydrogen-bond acceptors (Lipinski definition) is 3. The van der Waals surface area contributed by atoms with Gasteiger partial charge in [-0.25, -0.2) is 0 Å². The van der Waals surface area contributed by atoms with Crippen LogP contribution in [0.5, 0.6) is 0 Å². The van der Waals surface area contributed by atoms with Gasteiger partial charge in [-0.1, -0.05) is 23.8 Å². The normalized spacial score (nSPS) is 10.2. The minimum absolute atomic E-state index is 0. The van der Waals surface area contributed by atoms with Crippen molar-refractivity contribution in [3.05, 3.63) is 82.0 Å². The van der Waals surface area contributed by atoms with Gasteiger partial charge in [0.1, 0.15) is 0 Å². The number of nitrogens with zero attached hydrogens (tertiary/aromatic N) is 2. The average Bonchev–Trinajstić information content (AvgIpc) is 2.54. The van der Waals surface area contributed by atoms with Gasteiger partial charge in [0.25, 0.3) is 5.69 Å². The van der Waals surface area contributed by atoms with E-state index in [1.54, 1.807) is 6.07 Å². The third kappa shape index (κ3) is 3.65. The summed E-state index contributed by atoms with van der Waals surface area (Å²) in [5.74, 6) is -0.160. The van der Waals surface area contributed by atoms with Crippen LogP contribution in [0.15, 0.2) is 60.8 Å². The number of aryl methyl sites for hydroxylation is 1. The van der Waals surface area contributed by atoms with E-state index in [0.29, 0.717) is 5.56 Å². The number of non-ortho nitro benzene ring substituents is 1. The standard InChI is InChI=1S/C18H15N2O3.BrH/c1-13-7-8-17-14(10-13)5-3-9-19(17)12-18(21)15-4-2-6-16(11-15)20(22)23;/h2-11H,12H2,1H3;1H/q+1;/p-1. The molecule has 0 atom stereocenters. The fraction of sp³-hybridized carbons (Fsp3) is 0.111. The Hall–Kier alpha value is -2.60. The van der Waals surface area contributed by atoms with Crippen molar-refractivity contribution < 1.29 is 31.3 Å². The highest BCUT2D eigenvalue weighted by atomic mass is 79.9. The van der Waals surface area contributed by atoms with Crippen LogP contribution in [0.2, 0.25) is 0 Å². The number of carbonyl (C=O) groups is 1. The molecule has 1 heterocycles. The van der Waals surface area contributed by atoms with E-state index in [0.717, 1.165) is 16.5 Å². The number of fused-ring (bicyclic) bond motifs is 1. The van der Waals surface area contributed by atoms with Crippen molar-refractivity contribution in [3.63, 3.8) is 0 Å². The van der Waals surface area contributed by atoms with E-state index < -0.39 is 4.92 Å². The van der Waals surface area contributed by atoms with Crippen molar-refractivity contribution in [3.8, 4) is 0 Å². The van der Waals surface area contributed by atoms with Crippen molar-refractivity contribution >= 4 is 22.4 Å². The Bertz CT molecular complexity index is 925. The van der Waals surface area contributed by atoms with Gasteiger partial charge in [-0.05, 0) is 19.1 Å². The molecular weight excluding hydrogens is 372 g/mol. The minimum Gasteiger partial charge on any atom is -1.00 e. The molecule has 1 aromatic heterocycles. The Kier molecular flexibility index (Phi) is 5.41. The van der Waals surface area contributed by atoms with Crippen LogP contribution in [0.3, 0.4) is 0 Å². The number of pyridine rings is 1. The van der Waals surface area contributed by atoms with Crippen molar-refractivity contribution in [1.29, 1.82) is 0 Å². The lowest BCUT2D eigenvalue weighted by Crippen LogP contribution is -3.00. The third-order valence-corrected chi connectivity index (χ3v) is 3.73. The first-order chi connectivity index (χ1) is 11.0. The molecule has 0 fully saturated rings. The van der Waals surface area contributed by atoms with Crippen LogP contribution in [0.4, 0.5) is 5.69 Å². The number of carbonyl (C=O) groups excluding carboxylic acids is 1. The number of benzene rings is 2. The second kappa shape index (κ2) is 7.31. The molecule has 0 radical (unpaired) electrons. The lowest BCUT2D eigenvalue weighted by molar-refractivity contribution is -0.657. The molecule has 0 aliphatic heterocycles. The maximum Gasteiger partial charge on any atom is 0.270 e. The first-order valence-corrected chi connectivity index (χ1v) is 7.21. The van der Waals surface area contributed by atoms with Crippen LogP contribution in [0.25, 0.3) is 10.9 Å². The van der Waals surface area contributed by atoms with Crippen LogP contribution in [0.1, 0.15) is 15.9 Å². The number of halogens is 1. The molecule has 0 saturated carbocycles. The van der Waals surface area contributed by atoms with Crippen LogP contribution >= 0.6 is 0 Å². The maximum atomic E-state index is 12.5. The third-order valence-electron chi connectivity index (χ3n) is 3.73. The van der Waals surface area contributed by atoms with Crippen LogP contribution in [0, 0.1) is 17.0 Å². The quantitative estimate of drug-likeness (QED) is 0.279. The molecule has 0 bridgehead atoms. The molecular formula is C18H15BrN2O3. The fourth-order valence-corrected chi connectivity index (χ4v) is 2.58. The molecule has 6 heteroatoms. The fourth-order valence-electron chi connectivity index (χ4n) is 2.58. The molecule has 0 amide bonds. The van der Waals surface area contributed by atoms with E-state index >= 15 is 0 Å². The van der Waals surface area contributed by atoms with Crippen molar-refractivity contribution in [2.24, 2.45) is 0 Å². The zero-order chi connectivity index (χ0) is 16.4. The van der Waals surface area contributed by atoms with Crippen molar-refractivity contribution in [2.45, 2.75) is 13.5 Å². The van der Waals surface area contributed by atoms with Gasteiger partial charge in [0.2, 0.25) is 17.8 Å². The number of aromatic nitrogens is 1. The van der Waals surface area contributed by atoms with Gasteiger partial charge in [-0.3, -0.25) is 14.9 Å². The molecule has 3 rings (SSSR count). The highest BCUT2D eigenvalue weighted by Crippen LogP contribution is 2.15. The van der Waals surface area contributed by atoms with E-state index in [4.69, 9.17) is 0 Å². The second-order valence-corrected chi connectivity index (χ2v) is 5.43. The first-order valence-electron chi connectivity index (χ1n) is 7.21. The number of nitro benzene ring substituents is 1. The molecule has 2 aromatic carbocycles. The summed E-state index contributed by atoms with van der Waals surface area (Å²) in [5, 5.41) is 11.9. The molecule has 0 N–H and O–H groups in total. The Morgan fingerprint density at radius 2 is 1.92 bits per heavy atom. The number of nitro groups is 1. The Balaban J connectivity index is 0.00000208. The maximum absolute atomic E-state index is 12.5. The van der Waals surface area contributed by atoms with Crippen LogP contribution < -0.4 is 21.5 Å². The minimum atomic E-state index is -0.495. The topological polar surface area (TPSA) is 64.1 Å². The average molecular weight is 387 g/mol. The Morgan fingerprint density at radius 1 is 1.12 bits per heavy atom. The van der Waals surface area contributed by atoms with Gasteiger partial charge in [0.15, 0.2) is 6.20 Å². The predicted molar refractivity (Wildman–Crippen MR) is 86.3 cm³/mol. The van der Waals surface area contributed by atoms with Crippen LogP contribution in [-0.4, -0.2) is 10.7 Å². The highest BCUT2D eigenvalue weighted by Gasteiger charge is 2.17. The summed E-state index contributed by atoms with van der Waals surface area (Å²) < 4.78 is 1.86. The number of rotatable bonds is 4. The number of Topliss-reactive ketones (excluding diaryl/α,β-unsaturated/α-hetero) is 1. The molecule has 0 unspecified atom stereocenters. The lowest BCUT2D eigenvalue weighted by atomic mass is 10.1. The summed E-state index contributed by atoms with van der Waals surface area (Å²) in [5.41, 5.74) is 2.38. The predicted octanol–water partition coefficient (Wildman–Crippen LogP) is 0.231. The van der Waals surface area contributed by atoms with Gasteiger partial charge < -0.3 is 17.0 Å². The summed E-state index contributed by atoms with van der Waals surface area (Å²) in [7, 11) is 0. The largest absolute Gasteiger partial charge is 1.00 e. The summed E-state index contributed by atoms with van der Waals surface area (Å²) in [4.78, 5) is 22.8. The number of hydrogen-bond donors (Lipinski definition) is 0. The summed E-state index contributed by atoms with van der Waals surface area (Å²) in [6, 6.07) is 15.8. The molecule has 0 spiro atoms. The Morgan fingerprint density at radius 3 is 2.67 bits per heavy atom. The van der Waals surface area contributed by atoms with Gasteiger partial charge >= 0.3 is 0 Å². The van der Waals surface area contributed by atoms with Gasteiger partial charge in [-0.2, -0.15) is 4.57 Å². The molecule has 0 saturated heterocycles. The van der Waals surface area contributed by atoms with E-state index in [-0.39, 0.29) is 35.0 Å². The summed E-state index contributed by atoms with van der Waals surface area (Å²) in [6.07, 6.45) is 1.84. The van der Waals surface area contributed by atoms with E-state index in [2.05, 4.69) is 6.07 Å². The van der Waals surface area contributed by atoms with E-state index in [9.17, 15) is 14.9 Å². The lowest BCUT2D eigenvalue weighted by Gasteiger charge is -2.02. The van der Waals surface area contributed by atoms with Gasteiger partial charge in [0, 0.05) is 35.2 Å². The molecule has 3 aromatic rings. The van der Waals surface area contributed by atoms with Gasteiger partial charge in [-0.15, -0.1) is 0 Å². The molecule has 0 aliphatic rings. The van der Waals surface area contributed by atoms with Crippen molar-refractivity contribution in [1.82, 2.24) is 0 Å². The molecule has 0 aliphatic carbocycles. The van der Waals surface area contributed by atoms with E-state index in [1.165, 1.54) is 18.2 Å². The molecule has 122 valence electrons. The van der Waals surface area contributed by atoms with Crippen molar-refractivity contribution in [2.75, 3.05) is 0 Å². The summed E-state index contributed by atoms with van der Waals surface area (Å²) in [6.45, 7) is 2.16. The molecule has 24 heavy (non-hydrogen) atoms.